The van der Waals surface area contributed by atoms with E-state index in [9.17, 15) is 13.2 Å². The molecule has 168 valence electrons. The van der Waals surface area contributed by atoms with E-state index in [1.165, 1.54) is 32.4 Å². The summed E-state index contributed by atoms with van der Waals surface area (Å²) >= 11 is 0. The molecule has 3 rings (SSSR count). The smallest absolute Gasteiger partial charge is 0.255 e. The number of anilines is 1. The summed E-state index contributed by atoms with van der Waals surface area (Å²) in [6.07, 6.45) is 0.301. The molecule has 0 radical (unpaired) electrons. The van der Waals surface area contributed by atoms with Gasteiger partial charge in [-0.1, -0.05) is 18.2 Å². The summed E-state index contributed by atoms with van der Waals surface area (Å²) in [7, 11) is -1.09. The largest absolute Gasteiger partial charge is 0.495 e. The number of nitrogens with zero attached hydrogens (tertiary/aromatic N) is 1. The summed E-state index contributed by atoms with van der Waals surface area (Å²) in [5.74, 6) is -0.228. The molecule has 0 aliphatic carbocycles. The van der Waals surface area contributed by atoms with Crippen molar-refractivity contribution in [3.63, 3.8) is 0 Å². The van der Waals surface area contributed by atoms with Gasteiger partial charge >= 0.3 is 0 Å². The lowest BCUT2D eigenvalue weighted by Crippen LogP contribution is -2.44. The molecule has 2 unspecified atom stereocenters. The number of hydrogen-bond donors (Lipinski definition) is 2. The van der Waals surface area contributed by atoms with Crippen molar-refractivity contribution in [3.8, 4) is 5.75 Å². The van der Waals surface area contributed by atoms with Crippen LogP contribution in [0.3, 0.4) is 0 Å². The van der Waals surface area contributed by atoms with Crippen LogP contribution in [-0.2, 0) is 21.3 Å². The maximum atomic E-state index is 12.9. The third kappa shape index (κ3) is 5.62. The Morgan fingerprint density at radius 1 is 1.16 bits per heavy atom. The van der Waals surface area contributed by atoms with E-state index in [-0.39, 0.29) is 28.4 Å². The van der Waals surface area contributed by atoms with E-state index >= 15 is 0 Å². The molecule has 31 heavy (non-hydrogen) atoms. The Kier molecular flexibility index (Phi) is 7.32. The number of carbonyl (C=O) groups is 1. The Hall–Kier alpha value is -2.46. The van der Waals surface area contributed by atoms with Crippen molar-refractivity contribution in [2.45, 2.75) is 37.5 Å². The molecule has 0 saturated carbocycles. The zero-order chi connectivity index (χ0) is 22.6. The molecule has 0 aromatic heterocycles. The van der Waals surface area contributed by atoms with Crippen molar-refractivity contribution >= 4 is 21.6 Å². The van der Waals surface area contributed by atoms with E-state index in [0.717, 1.165) is 18.7 Å². The van der Waals surface area contributed by atoms with Crippen molar-refractivity contribution in [3.05, 3.63) is 53.6 Å². The molecule has 1 fully saturated rings. The first-order valence-electron chi connectivity index (χ1n) is 10.1. The zero-order valence-corrected chi connectivity index (χ0v) is 19.0. The Morgan fingerprint density at radius 2 is 1.84 bits per heavy atom. The summed E-state index contributed by atoms with van der Waals surface area (Å²) in [4.78, 5) is 15.1. The molecule has 1 saturated heterocycles. The number of carbonyl (C=O) groups excluding carboxylic acids is 1. The summed E-state index contributed by atoms with van der Waals surface area (Å²) in [6, 6.07) is 11.9. The number of rotatable bonds is 7. The van der Waals surface area contributed by atoms with Crippen LogP contribution in [0.25, 0.3) is 0 Å². The Labute approximate surface area is 183 Å². The second kappa shape index (κ2) is 9.78. The van der Waals surface area contributed by atoms with Gasteiger partial charge in [-0.15, -0.1) is 0 Å². The molecule has 9 heteroatoms. The second-order valence-corrected chi connectivity index (χ2v) is 9.49. The van der Waals surface area contributed by atoms with Gasteiger partial charge in [-0.25, -0.2) is 13.1 Å². The number of hydrogen-bond acceptors (Lipinski definition) is 6. The molecule has 2 atom stereocenters. The van der Waals surface area contributed by atoms with Crippen molar-refractivity contribution in [1.29, 1.82) is 0 Å². The summed E-state index contributed by atoms with van der Waals surface area (Å²) in [5.41, 5.74) is 1.89. The van der Waals surface area contributed by atoms with Crippen molar-refractivity contribution in [2.24, 2.45) is 0 Å². The van der Waals surface area contributed by atoms with E-state index in [1.807, 2.05) is 24.3 Å². The number of ether oxygens (including phenoxy) is 2. The number of amides is 1. The number of morpholine rings is 1. The van der Waals surface area contributed by atoms with E-state index in [2.05, 4.69) is 28.8 Å². The topological polar surface area (TPSA) is 97.0 Å². The first-order chi connectivity index (χ1) is 14.7. The molecule has 1 aliphatic heterocycles. The summed E-state index contributed by atoms with van der Waals surface area (Å²) in [5, 5.41) is 2.92. The summed E-state index contributed by atoms with van der Waals surface area (Å²) in [6.45, 7) is 6.41. The maximum Gasteiger partial charge on any atom is 0.255 e. The fraction of sp³-hybridized carbons (Fsp3) is 0.409. The van der Waals surface area contributed by atoms with Gasteiger partial charge in [0.1, 0.15) is 10.6 Å². The fourth-order valence-electron chi connectivity index (χ4n) is 3.77. The standard InChI is InChI=1S/C22H29N3O5S/c1-15-12-25(13-16(2)30-15)14-18-7-5-6-8-19(18)24-22(26)17-9-10-20(29-4)21(11-17)31(27,28)23-3/h5-11,15-16,23H,12-14H2,1-4H3,(H,24,26). The minimum atomic E-state index is -3.78. The Balaban J connectivity index is 1.82. The lowest BCUT2D eigenvalue weighted by atomic mass is 10.1. The molecule has 2 aromatic carbocycles. The molecule has 8 nitrogen and oxygen atoms in total. The minimum Gasteiger partial charge on any atom is -0.495 e. The molecule has 2 N–H and O–H groups in total. The number of nitrogens with one attached hydrogen (secondary N) is 2. The first kappa shape index (κ1) is 23.2. The average Bonchev–Trinajstić information content (AvgIpc) is 2.74. The quantitative estimate of drug-likeness (QED) is 0.677. The highest BCUT2D eigenvalue weighted by Crippen LogP contribution is 2.26. The monoisotopic (exact) mass is 447 g/mol. The van der Waals surface area contributed by atoms with Crippen molar-refractivity contribution in [2.75, 3.05) is 32.6 Å². The first-order valence-corrected chi connectivity index (χ1v) is 11.6. The fourth-order valence-corrected chi connectivity index (χ4v) is 4.69. The normalized spacial score (nSPS) is 19.7. The van der Waals surface area contributed by atoms with Crippen LogP contribution in [0.4, 0.5) is 5.69 Å². The van der Waals surface area contributed by atoms with E-state index in [4.69, 9.17) is 9.47 Å². The molecule has 1 amide bonds. The van der Waals surface area contributed by atoms with E-state index < -0.39 is 15.9 Å². The predicted molar refractivity (Wildman–Crippen MR) is 119 cm³/mol. The minimum absolute atomic E-state index is 0.0882. The number of para-hydroxylation sites is 1. The van der Waals surface area contributed by atoms with E-state index in [0.29, 0.717) is 12.2 Å². The van der Waals surface area contributed by atoms with Crippen LogP contribution < -0.4 is 14.8 Å². The van der Waals surface area contributed by atoms with Gasteiger partial charge in [0.15, 0.2) is 0 Å². The highest BCUT2D eigenvalue weighted by molar-refractivity contribution is 7.89. The lowest BCUT2D eigenvalue weighted by molar-refractivity contribution is -0.0704. The summed E-state index contributed by atoms with van der Waals surface area (Å²) < 4.78 is 37.8. The van der Waals surface area contributed by atoms with Crippen molar-refractivity contribution < 1.29 is 22.7 Å². The molecule has 0 bridgehead atoms. The van der Waals surface area contributed by atoms with Gasteiger partial charge < -0.3 is 14.8 Å². The van der Waals surface area contributed by atoms with Gasteiger partial charge in [0.25, 0.3) is 5.91 Å². The van der Waals surface area contributed by atoms with Gasteiger partial charge in [0, 0.05) is 30.9 Å². The van der Waals surface area contributed by atoms with Gasteiger partial charge in [-0.3, -0.25) is 9.69 Å². The lowest BCUT2D eigenvalue weighted by Gasteiger charge is -2.35. The zero-order valence-electron chi connectivity index (χ0n) is 18.2. The second-order valence-electron chi connectivity index (χ2n) is 7.64. The third-order valence-electron chi connectivity index (χ3n) is 5.14. The van der Waals surface area contributed by atoms with Crippen LogP contribution in [0.2, 0.25) is 0 Å². The molecule has 0 spiro atoms. The van der Waals surface area contributed by atoms with Crippen LogP contribution >= 0.6 is 0 Å². The Morgan fingerprint density at radius 3 is 2.48 bits per heavy atom. The highest BCUT2D eigenvalue weighted by atomic mass is 32.2. The maximum absolute atomic E-state index is 12.9. The van der Waals surface area contributed by atoms with Crippen LogP contribution in [0, 0.1) is 0 Å². The van der Waals surface area contributed by atoms with Crippen LogP contribution in [0.1, 0.15) is 29.8 Å². The van der Waals surface area contributed by atoms with Gasteiger partial charge in [0.05, 0.1) is 19.3 Å². The van der Waals surface area contributed by atoms with E-state index in [1.54, 1.807) is 0 Å². The Bertz CT molecular complexity index is 1030. The van der Waals surface area contributed by atoms with Gasteiger partial charge in [-0.2, -0.15) is 0 Å². The number of benzene rings is 2. The molecule has 2 aromatic rings. The molecule has 1 aliphatic rings. The molecular formula is C22H29N3O5S. The molecule has 1 heterocycles. The SMILES string of the molecule is CNS(=O)(=O)c1cc(C(=O)Nc2ccccc2CN2CC(C)OC(C)C2)ccc1OC. The van der Waals surface area contributed by atoms with Gasteiger partial charge in [-0.05, 0) is 50.7 Å². The van der Waals surface area contributed by atoms with Crippen LogP contribution in [0.15, 0.2) is 47.4 Å². The number of sulfonamides is 1. The van der Waals surface area contributed by atoms with Gasteiger partial charge in [0.2, 0.25) is 10.0 Å². The predicted octanol–water partition coefficient (Wildman–Crippen LogP) is 2.46. The third-order valence-corrected chi connectivity index (χ3v) is 6.57. The average molecular weight is 448 g/mol. The molecular weight excluding hydrogens is 418 g/mol. The highest BCUT2D eigenvalue weighted by Gasteiger charge is 2.24. The van der Waals surface area contributed by atoms with Crippen molar-refractivity contribution in [1.82, 2.24) is 9.62 Å². The van der Waals surface area contributed by atoms with Crippen LogP contribution in [-0.4, -0.2) is 58.7 Å². The van der Waals surface area contributed by atoms with Crippen LogP contribution in [0.5, 0.6) is 5.75 Å². The number of methoxy groups -OCH3 is 1.